The highest BCUT2D eigenvalue weighted by molar-refractivity contribution is 5.92. The zero-order chi connectivity index (χ0) is 18.0. The molecule has 1 aliphatic rings. The quantitative estimate of drug-likeness (QED) is 0.837. The third-order valence-electron chi connectivity index (χ3n) is 4.59. The molecular weight excluding hydrogens is 322 g/mol. The maximum atomic E-state index is 12.3. The fourth-order valence-electron chi connectivity index (χ4n) is 3.08. The number of carboxylic acid groups (broad SMARTS) is 1. The van der Waals surface area contributed by atoms with Crippen molar-refractivity contribution in [2.24, 2.45) is 7.05 Å². The van der Waals surface area contributed by atoms with Gasteiger partial charge in [-0.3, -0.25) is 14.2 Å². The van der Waals surface area contributed by atoms with E-state index in [-0.39, 0.29) is 5.91 Å². The second-order valence-corrected chi connectivity index (χ2v) is 6.40. The van der Waals surface area contributed by atoms with Crippen LogP contribution in [-0.2, 0) is 22.2 Å². The van der Waals surface area contributed by atoms with Crippen LogP contribution in [0.15, 0.2) is 30.9 Å². The average molecular weight is 343 g/mol. The molecule has 25 heavy (non-hydrogen) atoms. The standard InChI is InChI=1S/C17H21N5O3/c1-13-9-19-22(11-13)17(16(24)25)5-7-21(8-6-17)15(23)4-3-14-10-18-20(2)12-14/h3-4,9-12H,5-8H2,1-2H3,(H,24,25). The number of likely N-dealkylation sites (tertiary alicyclic amines) is 1. The Morgan fingerprint density at radius 3 is 2.44 bits per heavy atom. The molecule has 0 saturated carbocycles. The number of amides is 1. The molecule has 2 aromatic heterocycles. The van der Waals surface area contributed by atoms with Gasteiger partial charge in [0.15, 0.2) is 5.54 Å². The van der Waals surface area contributed by atoms with Crippen molar-refractivity contribution in [3.8, 4) is 0 Å². The smallest absolute Gasteiger partial charge is 0.331 e. The third-order valence-corrected chi connectivity index (χ3v) is 4.59. The minimum absolute atomic E-state index is 0.125. The van der Waals surface area contributed by atoms with E-state index in [1.165, 1.54) is 10.8 Å². The molecule has 0 spiro atoms. The van der Waals surface area contributed by atoms with Gasteiger partial charge in [0.1, 0.15) is 0 Å². The molecule has 1 fully saturated rings. The summed E-state index contributed by atoms with van der Waals surface area (Å²) in [6.45, 7) is 2.63. The summed E-state index contributed by atoms with van der Waals surface area (Å²) in [5.74, 6) is -1.03. The number of aryl methyl sites for hydroxylation is 2. The van der Waals surface area contributed by atoms with Crippen molar-refractivity contribution in [1.82, 2.24) is 24.5 Å². The first kappa shape index (κ1) is 16.9. The first-order valence-corrected chi connectivity index (χ1v) is 8.11. The van der Waals surface area contributed by atoms with Crippen LogP contribution in [0.3, 0.4) is 0 Å². The Bertz CT molecular complexity index is 812. The second kappa shape index (κ2) is 6.54. The van der Waals surface area contributed by atoms with E-state index in [1.54, 1.807) is 34.2 Å². The highest BCUT2D eigenvalue weighted by Crippen LogP contribution is 2.30. The Hall–Kier alpha value is -2.90. The first-order chi connectivity index (χ1) is 11.9. The fraction of sp³-hybridized carbons (Fsp3) is 0.412. The van der Waals surface area contributed by atoms with E-state index in [4.69, 9.17) is 0 Å². The molecule has 132 valence electrons. The normalized spacial score (nSPS) is 17.1. The number of aliphatic carboxylic acids is 1. The molecule has 3 heterocycles. The lowest BCUT2D eigenvalue weighted by Crippen LogP contribution is -2.52. The van der Waals surface area contributed by atoms with Crippen LogP contribution in [0.4, 0.5) is 0 Å². The van der Waals surface area contributed by atoms with Crippen LogP contribution in [0.5, 0.6) is 0 Å². The summed E-state index contributed by atoms with van der Waals surface area (Å²) >= 11 is 0. The number of carbonyl (C=O) groups excluding carboxylic acids is 1. The van der Waals surface area contributed by atoms with Gasteiger partial charge in [0.2, 0.25) is 5.91 Å². The predicted octanol–water partition coefficient (Wildman–Crippen LogP) is 1.04. The van der Waals surface area contributed by atoms with Crippen molar-refractivity contribution in [2.45, 2.75) is 25.3 Å². The summed E-state index contributed by atoms with van der Waals surface area (Å²) in [6.07, 6.45) is 10.8. The minimum atomic E-state index is -1.09. The molecule has 3 rings (SSSR count). The van der Waals surface area contributed by atoms with Gasteiger partial charge in [-0.15, -0.1) is 0 Å². The largest absolute Gasteiger partial charge is 0.479 e. The summed E-state index contributed by atoms with van der Waals surface area (Å²) in [5.41, 5.74) is 0.677. The van der Waals surface area contributed by atoms with Gasteiger partial charge in [-0.2, -0.15) is 10.2 Å². The molecule has 1 aliphatic heterocycles. The van der Waals surface area contributed by atoms with Crippen LogP contribution in [-0.4, -0.2) is 54.5 Å². The topological polar surface area (TPSA) is 93.2 Å². The van der Waals surface area contributed by atoms with Gasteiger partial charge in [-0.25, -0.2) is 4.79 Å². The molecule has 8 nitrogen and oxygen atoms in total. The van der Waals surface area contributed by atoms with Crippen molar-refractivity contribution >= 4 is 18.0 Å². The van der Waals surface area contributed by atoms with Gasteiger partial charge < -0.3 is 10.0 Å². The molecule has 0 bridgehead atoms. The van der Waals surface area contributed by atoms with Gasteiger partial charge >= 0.3 is 5.97 Å². The first-order valence-electron chi connectivity index (χ1n) is 8.11. The number of hydrogen-bond acceptors (Lipinski definition) is 4. The molecular formula is C17H21N5O3. The number of hydrogen-bond donors (Lipinski definition) is 1. The van der Waals surface area contributed by atoms with E-state index < -0.39 is 11.5 Å². The SMILES string of the molecule is Cc1cnn(C2(C(=O)O)CCN(C(=O)C=Cc3cnn(C)c3)CC2)c1. The Morgan fingerprint density at radius 1 is 1.20 bits per heavy atom. The van der Waals surface area contributed by atoms with Gasteiger partial charge in [-0.05, 0) is 18.6 Å². The summed E-state index contributed by atoms with van der Waals surface area (Å²) in [7, 11) is 1.81. The number of rotatable bonds is 4. The average Bonchev–Trinajstić information content (AvgIpc) is 3.21. The molecule has 0 radical (unpaired) electrons. The molecule has 1 N–H and O–H groups in total. The lowest BCUT2D eigenvalue weighted by Gasteiger charge is -2.38. The second-order valence-electron chi connectivity index (χ2n) is 6.40. The lowest BCUT2D eigenvalue weighted by molar-refractivity contribution is -0.152. The van der Waals surface area contributed by atoms with Crippen LogP contribution in [0.25, 0.3) is 6.08 Å². The fourth-order valence-corrected chi connectivity index (χ4v) is 3.08. The number of carbonyl (C=O) groups is 2. The van der Waals surface area contributed by atoms with Crippen LogP contribution in [0.2, 0.25) is 0 Å². The van der Waals surface area contributed by atoms with Crippen LogP contribution < -0.4 is 0 Å². The zero-order valence-corrected chi connectivity index (χ0v) is 14.3. The van der Waals surface area contributed by atoms with Gasteiger partial charge in [0, 0.05) is 57.0 Å². The maximum absolute atomic E-state index is 12.3. The van der Waals surface area contributed by atoms with E-state index in [1.807, 2.05) is 20.2 Å². The van der Waals surface area contributed by atoms with Crippen molar-refractivity contribution in [3.05, 3.63) is 42.0 Å². The number of piperidine rings is 1. The molecule has 0 aliphatic carbocycles. The minimum Gasteiger partial charge on any atom is -0.479 e. The van der Waals surface area contributed by atoms with Gasteiger partial charge in [0.05, 0.1) is 12.4 Å². The Kier molecular flexibility index (Phi) is 4.43. The number of carboxylic acids is 1. The maximum Gasteiger partial charge on any atom is 0.331 e. The molecule has 1 amide bonds. The molecule has 2 aromatic rings. The van der Waals surface area contributed by atoms with Crippen molar-refractivity contribution < 1.29 is 14.7 Å². The van der Waals surface area contributed by atoms with E-state index >= 15 is 0 Å². The number of nitrogens with zero attached hydrogens (tertiary/aromatic N) is 5. The molecule has 0 unspecified atom stereocenters. The van der Waals surface area contributed by atoms with Crippen LogP contribution >= 0.6 is 0 Å². The summed E-state index contributed by atoms with van der Waals surface area (Å²) in [6, 6.07) is 0. The summed E-state index contributed by atoms with van der Waals surface area (Å²) in [5, 5.41) is 18.0. The molecule has 0 aromatic carbocycles. The predicted molar refractivity (Wildman–Crippen MR) is 90.6 cm³/mol. The lowest BCUT2D eigenvalue weighted by atomic mass is 9.87. The van der Waals surface area contributed by atoms with Crippen molar-refractivity contribution in [2.75, 3.05) is 13.1 Å². The van der Waals surface area contributed by atoms with E-state index in [0.29, 0.717) is 25.9 Å². The molecule has 8 heteroatoms. The van der Waals surface area contributed by atoms with Crippen molar-refractivity contribution in [1.29, 1.82) is 0 Å². The van der Waals surface area contributed by atoms with E-state index in [2.05, 4.69) is 10.2 Å². The highest BCUT2D eigenvalue weighted by Gasteiger charge is 2.44. The van der Waals surface area contributed by atoms with Crippen LogP contribution in [0.1, 0.15) is 24.0 Å². The Balaban J connectivity index is 1.68. The Labute approximate surface area is 145 Å². The van der Waals surface area contributed by atoms with E-state index in [9.17, 15) is 14.7 Å². The van der Waals surface area contributed by atoms with Gasteiger partial charge in [0.25, 0.3) is 0 Å². The highest BCUT2D eigenvalue weighted by atomic mass is 16.4. The van der Waals surface area contributed by atoms with E-state index in [0.717, 1.165) is 11.1 Å². The third kappa shape index (κ3) is 3.33. The number of aromatic nitrogens is 4. The zero-order valence-electron chi connectivity index (χ0n) is 14.3. The summed E-state index contributed by atoms with van der Waals surface area (Å²) < 4.78 is 3.19. The van der Waals surface area contributed by atoms with Crippen LogP contribution in [0, 0.1) is 6.92 Å². The summed E-state index contributed by atoms with van der Waals surface area (Å²) in [4.78, 5) is 25.9. The van der Waals surface area contributed by atoms with Gasteiger partial charge in [-0.1, -0.05) is 0 Å². The molecule has 0 atom stereocenters. The monoisotopic (exact) mass is 343 g/mol. The van der Waals surface area contributed by atoms with Crippen molar-refractivity contribution in [3.63, 3.8) is 0 Å². The Morgan fingerprint density at radius 2 is 1.92 bits per heavy atom. The molecule has 1 saturated heterocycles.